The van der Waals surface area contributed by atoms with Gasteiger partial charge in [0.1, 0.15) is 0 Å². The summed E-state index contributed by atoms with van der Waals surface area (Å²) in [7, 11) is 2.00. The van der Waals surface area contributed by atoms with Gasteiger partial charge in [0.05, 0.1) is 16.6 Å². The Morgan fingerprint density at radius 1 is 1.32 bits per heavy atom. The van der Waals surface area contributed by atoms with E-state index >= 15 is 0 Å². The van der Waals surface area contributed by atoms with E-state index in [1.807, 2.05) is 7.05 Å². The maximum Gasteiger partial charge on any atom is 0.0807 e. The molecular weight excluding hydrogens is 254 g/mol. The van der Waals surface area contributed by atoms with Gasteiger partial charge in [0, 0.05) is 0 Å². The highest BCUT2D eigenvalue weighted by atomic mass is 32.1. The third-order valence-electron chi connectivity index (χ3n) is 3.32. The van der Waals surface area contributed by atoms with Crippen LogP contribution < -0.4 is 5.32 Å². The molecule has 3 nitrogen and oxygen atoms in total. The smallest absolute Gasteiger partial charge is 0.0807 e. The Morgan fingerprint density at radius 2 is 2.16 bits per heavy atom. The first-order valence-corrected chi connectivity index (χ1v) is 7.64. The van der Waals surface area contributed by atoms with Crippen LogP contribution in [0.4, 0.5) is 0 Å². The van der Waals surface area contributed by atoms with Gasteiger partial charge in [-0.15, -0.1) is 5.10 Å². The first-order valence-electron chi connectivity index (χ1n) is 6.87. The molecule has 0 aliphatic rings. The summed E-state index contributed by atoms with van der Waals surface area (Å²) in [6, 6.07) is 8.96. The molecule has 0 spiro atoms. The molecule has 1 heterocycles. The van der Waals surface area contributed by atoms with Crippen LogP contribution in [-0.4, -0.2) is 16.6 Å². The van der Waals surface area contributed by atoms with Crippen molar-refractivity contribution in [2.24, 2.45) is 0 Å². The predicted molar refractivity (Wildman–Crippen MR) is 80.6 cm³/mol. The monoisotopic (exact) mass is 275 g/mol. The van der Waals surface area contributed by atoms with E-state index in [4.69, 9.17) is 0 Å². The van der Waals surface area contributed by atoms with Crippen molar-refractivity contribution in [1.29, 1.82) is 0 Å². The molecule has 1 aromatic carbocycles. The molecule has 102 valence electrons. The molecule has 19 heavy (non-hydrogen) atoms. The van der Waals surface area contributed by atoms with Crippen LogP contribution in [0.15, 0.2) is 24.3 Å². The molecular formula is C15H21N3S. The van der Waals surface area contributed by atoms with Crippen LogP contribution in [0, 0.1) is 0 Å². The van der Waals surface area contributed by atoms with Crippen molar-refractivity contribution in [2.45, 2.75) is 39.2 Å². The number of nitrogens with one attached hydrogen (secondary N) is 1. The van der Waals surface area contributed by atoms with Gasteiger partial charge in [-0.2, -0.15) is 0 Å². The minimum Gasteiger partial charge on any atom is -0.309 e. The zero-order chi connectivity index (χ0) is 13.7. The van der Waals surface area contributed by atoms with Crippen LogP contribution in [0.1, 0.15) is 48.0 Å². The second kappa shape index (κ2) is 6.78. The zero-order valence-electron chi connectivity index (χ0n) is 11.8. The Morgan fingerprint density at radius 3 is 2.84 bits per heavy atom. The molecule has 0 bridgehead atoms. The third kappa shape index (κ3) is 3.19. The van der Waals surface area contributed by atoms with Crippen molar-refractivity contribution >= 4 is 11.5 Å². The molecule has 1 N–H and O–H groups in total. The van der Waals surface area contributed by atoms with Gasteiger partial charge in [-0.3, -0.25) is 0 Å². The molecule has 0 aliphatic carbocycles. The zero-order valence-corrected chi connectivity index (χ0v) is 12.6. The molecule has 0 saturated carbocycles. The standard InChI is InChI=1S/C15H21N3S/c1-4-7-13-15(19-18-17-13)14(16-3)12-9-6-8-11(5-2)10-12/h6,8-10,14,16H,4-5,7H2,1-3H3. The number of hydrogen-bond acceptors (Lipinski definition) is 4. The first kappa shape index (κ1) is 14.2. The van der Waals surface area contributed by atoms with E-state index in [1.54, 1.807) is 0 Å². The fourth-order valence-corrected chi connectivity index (χ4v) is 3.12. The largest absolute Gasteiger partial charge is 0.309 e. The molecule has 0 saturated heterocycles. The van der Waals surface area contributed by atoms with Crippen molar-refractivity contribution < 1.29 is 0 Å². The van der Waals surface area contributed by atoms with Gasteiger partial charge in [0.2, 0.25) is 0 Å². The summed E-state index contributed by atoms with van der Waals surface area (Å²) in [6.45, 7) is 4.36. The lowest BCUT2D eigenvalue weighted by atomic mass is 10.00. The summed E-state index contributed by atoms with van der Waals surface area (Å²) in [4.78, 5) is 1.25. The lowest BCUT2D eigenvalue weighted by molar-refractivity contribution is 0.687. The highest BCUT2D eigenvalue weighted by Gasteiger charge is 2.19. The minimum atomic E-state index is 0.202. The number of benzene rings is 1. The molecule has 0 amide bonds. The summed E-state index contributed by atoms with van der Waals surface area (Å²) in [6.07, 6.45) is 3.16. The summed E-state index contributed by atoms with van der Waals surface area (Å²) in [5, 5.41) is 7.67. The Hall–Kier alpha value is -1.26. The van der Waals surface area contributed by atoms with Crippen molar-refractivity contribution in [1.82, 2.24) is 14.9 Å². The fraction of sp³-hybridized carbons (Fsp3) is 0.467. The highest BCUT2D eigenvalue weighted by Crippen LogP contribution is 2.28. The van der Waals surface area contributed by atoms with Crippen LogP contribution in [0.2, 0.25) is 0 Å². The SMILES string of the molecule is CCCc1nnsc1C(NC)c1cccc(CC)c1. The van der Waals surface area contributed by atoms with E-state index in [-0.39, 0.29) is 6.04 Å². The van der Waals surface area contributed by atoms with Gasteiger partial charge < -0.3 is 5.32 Å². The number of aryl methyl sites for hydroxylation is 2. The second-order valence-electron chi connectivity index (χ2n) is 4.65. The fourth-order valence-electron chi connectivity index (χ4n) is 2.29. The number of nitrogens with zero attached hydrogens (tertiary/aromatic N) is 2. The molecule has 0 aliphatic heterocycles. The maximum atomic E-state index is 4.27. The number of aromatic nitrogens is 2. The topological polar surface area (TPSA) is 37.8 Å². The minimum absolute atomic E-state index is 0.202. The van der Waals surface area contributed by atoms with Crippen molar-refractivity contribution in [2.75, 3.05) is 7.05 Å². The Labute approximate surface area is 119 Å². The molecule has 2 aromatic rings. The van der Waals surface area contributed by atoms with Crippen molar-refractivity contribution in [3.63, 3.8) is 0 Å². The van der Waals surface area contributed by atoms with Gasteiger partial charge in [-0.05, 0) is 42.5 Å². The average Bonchev–Trinajstić information content (AvgIpc) is 2.89. The van der Waals surface area contributed by atoms with Crippen LogP contribution in [0.25, 0.3) is 0 Å². The summed E-state index contributed by atoms with van der Waals surface area (Å²) in [5.74, 6) is 0. The molecule has 0 fully saturated rings. The Bertz CT molecular complexity index is 522. The van der Waals surface area contributed by atoms with Gasteiger partial charge in [-0.25, -0.2) is 0 Å². The number of rotatable bonds is 6. The summed E-state index contributed by atoms with van der Waals surface area (Å²) < 4.78 is 4.13. The predicted octanol–water partition coefficient (Wildman–Crippen LogP) is 3.36. The van der Waals surface area contributed by atoms with E-state index < -0.39 is 0 Å². The van der Waals surface area contributed by atoms with E-state index in [9.17, 15) is 0 Å². The highest BCUT2D eigenvalue weighted by molar-refractivity contribution is 7.05. The lowest BCUT2D eigenvalue weighted by Gasteiger charge is -2.16. The summed E-state index contributed by atoms with van der Waals surface area (Å²) in [5.41, 5.74) is 3.80. The first-order chi connectivity index (χ1) is 9.30. The second-order valence-corrected chi connectivity index (χ2v) is 5.44. The number of hydrogen-bond donors (Lipinski definition) is 1. The van der Waals surface area contributed by atoms with E-state index in [2.05, 4.69) is 53.0 Å². The van der Waals surface area contributed by atoms with Gasteiger partial charge in [-0.1, -0.05) is 49.0 Å². The average molecular weight is 275 g/mol. The van der Waals surface area contributed by atoms with E-state index in [0.29, 0.717) is 0 Å². The van der Waals surface area contributed by atoms with E-state index in [1.165, 1.54) is 27.5 Å². The Kier molecular flexibility index (Phi) is 5.05. The van der Waals surface area contributed by atoms with Crippen LogP contribution >= 0.6 is 11.5 Å². The van der Waals surface area contributed by atoms with Gasteiger partial charge in [0.15, 0.2) is 0 Å². The third-order valence-corrected chi connectivity index (χ3v) is 4.15. The van der Waals surface area contributed by atoms with Crippen molar-refractivity contribution in [3.05, 3.63) is 46.0 Å². The molecule has 1 atom stereocenters. The molecule has 1 unspecified atom stereocenters. The lowest BCUT2D eigenvalue weighted by Crippen LogP contribution is -2.18. The van der Waals surface area contributed by atoms with Gasteiger partial charge in [0.25, 0.3) is 0 Å². The molecule has 2 rings (SSSR count). The summed E-state index contributed by atoms with van der Waals surface area (Å²) >= 11 is 1.51. The molecule has 4 heteroatoms. The Balaban J connectivity index is 2.35. The normalized spacial score (nSPS) is 12.6. The molecule has 0 radical (unpaired) electrons. The van der Waals surface area contributed by atoms with Crippen LogP contribution in [0.5, 0.6) is 0 Å². The van der Waals surface area contributed by atoms with Gasteiger partial charge >= 0.3 is 0 Å². The van der Waals surface area contributed by atoms with Crippen LogP contribution in [-0.2, 0) is 12.8 Å². The quantitative estimate of drug-likeness (QED) is 0.878. The van der Waals surface area contributed by atoms with Crippen molar-refractivity contribution in [3.8, 4) is 0 Å². The van der Waals surface area contributed by atoms with Crippen LogP contribution in [0.3, 0.4) is 0 Å². The van der Waals surface area contributed by atoms with E-state index in [0.717, 1.165) is 25.0 Å². The maximum absolute atomic E-state index is 4.27. The molecule has 1 aromatic heterocycles.